The number of hydrogen-bond donors (Lipinski definition) is 2. The third-order valence-electron chi connectivity index (χ3n) is 4.33. The topological polar surface area (TPSA) is 90.7 Å². The largest absolute Gasteiger partial charge is 0.369 e. The fourth-order valence-corrected chi connectivity index (χ4v) is 4.11. The van der Waals surface area contributed by atoms with Crippen molar-refractivity contribution in [3.8, 4) is 6.07 Å². The van der Waals surface area contributed by atoms with Crippen molar-refractivity contribution in [2.45, 2.75) is 39.5 Å². The number of rotatable bonds is 5. The van der Waals surface area contributed by atoms with Crippen LogP contribution in [-0.4, -0.2) is 22.4 Å². The molecule has 0 atom stereocenters. The fourth-order valence-electron chi connectivity index (χ4n) is 3.07. The second-order valence-electron chi connectivity index (χ2n) is 7.73. The van der Waals surface area contributed by atoms with E-state index >= 15 is 0 Å². The number of amides is 1. The highest BCUT2D eigenvalue weighted by Gasteiger charge is 2.21. The predicted octanol–water partition coefficient (Wildman–Crippen LogP) is 4.75. The van der Waals surface area contributed by atoms with Crippen LogP contribution < -0.4 is 10.6 Å². The summed E-state index contributed by atoms with van der Waals surface area (Å²) >= 11 is 1.48. The van der Waals surface area contributed by atoms with Gasteiger partial charge >= 0.3 is 0 Å². The Morgan fingerprint density at radius 2 is 2.07 bits per heavy atom. The standard InChI is InChI=1S/C21H22FN5OS/c1-12-18(21(2,3)4)29-20(26-12)27-17(28)6-8-25-19-15-9-13(11-23)10-16(22)14(15)5-7-24-19/h5,7,9-10H,6,8H2,1-4H3,(H,24,25)(H,26,27,28). The van der Waals surface area contributed by atoms with Crippen LogP contribution in [0.25, 0.3) is 10.8 Å². The molecule has 0 radical (unpaired) electrons. The Kier molecular flexibility index (Phi) is 5.80. The zero-order valence-corrected chi connectivity index (χ0v) is 17.6. The number of anilines is 2. The molecule has 0 saturated carbocycles. The molecule has 2 N–H and O–H groups in total. The second-order valence-corrected chi connectivity index (χ2v) is 8.73. The van der Waals surface area contributed by atoms with E-state index in [0.717, 1.165) is 10.6 Å². The monoisotopic (exact) mass is 411 g/mol. The Morgan fingerprint density at radius 3 is 2.72 bits per heavy atom. The minimum atomic E-state index is -0.476. The number of carbonyl (C=O) groups is 1. The van der Waals surface area contributed by atoms with Gasteiger partial charge in [0.05, 0.1) is 17.3 Å². The fraction of sp³-hybridized carbons (Fsp3) is 0.333. The number of carbonyl (C=O) groups excluding carboxylic acids is 1. The van der Waals surface area contributed by atoms with Gasteiger partial charge in [-0.2, -0.15) is 5.26 Å². The van der Waals surface area contributed by atoms with E-state index < -0.39 is 5.82 Å². The Hall–Kier alpha value is -3.05. The molecule has 0 saturated heterocycles. The molecule has 0 aliphatic heterocycles. The van der Waals surface area contributed by atoms with E-state index in [-0.39, 0.29) is 23.3 Å². The SMILES string of the molecule is Cc1nc(NC(=O)CCNc2nccc3c(F)cc(C#N)cc23)sc1C(C)(C)C. The van der Waals surface area contributed by atoms with Crippen molar-refractivity contribution < 1.29 is 9.18 Å². The van der Waals surface area contributed by atoms with Crippen LogP contribution in [0.3, 0.4) is 0 Å². The summed E-state index contributed by atoms with van der Waals surface area (Å²) in [5, 5.41) is 16.4. The second kappa shape index (κ2) is 8.13. The van der Waals surface area contributed by atoms with Crippen molar-refractivity contribution in [1.29, 1.82) is 5.26 Å². The van der Waals surface area contributed by atoms with Crippen LogP contribution in [0.1, 0.15) is 43.3 Å². The molecule has 1 aromatic carbocycles. The quantitative estimate of drug-likeness (QED) is 0.632. The molecule has 3 rings (SSSR count). The number of thiazole rings is 1. The smallest absolute Gasteiger partial charge is 0.227 e. The molecule has 0 aliphatic rings. The van der Waals surface area contributed by atoms with E-state index in [1.165, 1.54) is 23.6 Å². The molecule has 2 heterocycles. The molecule has 150 valence electrons. The van der Waals surface area contributed by atoms with Gasteiger partial charge in [0.25, 0.3) is 0 Å². The molecular formula is C21H22FN5OS. The minimum absolute atomic E-state index is 0.0239. The van der Waals surface area contributed by atoms with Crippen molar-refractivity contribution in [2.75, 3.05) is 17.2 Å². The first kappa shape index (κ1) is 20.7. The summed E-state index contributed by atoms with van der Waals surface area (Å²) in [6, 6.07) is 6.28. The van der Waals surface area contributed by atoms with Gasteiger partial charge in [-0.05, 0) is 30.5 Å². The average Bonchev–Trinajstić information content (AvgIpc) is 3.02. The lowest BCUT2D eigenvalue weighted by molar-refractivity contribution is -0.115. The zero-order valence-electron chi connectivity index (χ0n) is 16.8. The number of nitriles is 1. The molecule has 0 unspecified atom stereocenters. The lowest BCUT2D eigenvalue weighted by Gasteiger charge is -2.16. The molecule has 1 amide bonds. The first-order valence-corrected chi connectivity index (χ1v) is 10.0. The van der Waals surface area contributed by atoms with Crippen LogP contribution in [0, 0.1) is 24.1 Å². The molecule has 0 aliphatic carbocycles. The molecule has 6 nitrogen and oxygen atoms in total. The van der Waals surface area contributed by atoms with E-state index in [4.69, 9.17) is 5.26 Å². The Morgan fingerprint density at radius 1 is 1.31 bits per heavy atom. The van der Waals surface area contributed by atoms with Gasteiger partial charge < -0.3 is 10.6 Å². The molecular weight excluding hydrogens is 389 g/mol. The number of nitrogens with zero attached hydrogens (tertiary/aromatic N) is 3. The van der Waals surface area contributed by atoms with E-state index in [2.05, 4.69) is 41.4 Å². The van der Waals surface area contributed by atoms with E-state index in [0.29, 0.717) is 28.3 Å². The summed E-state index contributed by atoms with van der Waals surface area (Å²) in [6.45, 7) is 8.59. The van der Waals surface area contributed by atoms with Crippen LogP contribution >= 0.6 is 11.3 Å². The number of fused-ring (bicyclic) bond motifs is 1. The van der Waals surface area contributed by atoms with Crippen LogP contribution in [0.2, 0.25) is 0 Å². The molecule has 0 bridgehead atoms. The van der Waals surface area contributed by atoms with Crippen molar-refractivity contribution in [3.63, 3.8) is 0 Å². The molecule has 0 fully saturated rings. The Balaban J connectivity index is 1.65. The summed E-state index contributed by atoms with van der Waals surface area (Å²) in [5.41, 5.74) is 1.12. The van der Waals surface area contributed by atoms with Crippen molar-refractivity contribution in [1.82, 2.24) is 9.97 Å². The minimum Gasteiger partial charge on any atom is -0.369 e. The highest BCUT2D eigenvalue weighted by atomic mass is 32.1. The normalized spacial score (nSPS) is 11.3. The zero-order chi connectivity index (χ0) is 21.2. The van der Waals surface area contributed by atoms with Crippen LogP contribution in [0.5, 0.6) is 0 Å². The third kappa shape index (κ3) is 4.69. The lowest BCUT2D eigenvalue weighted by atomic mass is 9.94. The van der Waals surface area contributed by atoms with Crippen molar-refractivity contribution >= 4 is 39.0 Å². The van der Waals surface area contributed by atoms with Gasteiger partial charge in [-0.3, -0.25) is 4.79 Å². The number of nitrogens with one attached hydrogen (secondary N) is 2. The summed E-state index contributed by atoms with van der Waals surface area (Å²) in [4.78, 5) is 22.1. The predicted molar refractivity (Wildman–Crippen MR) is 114 cm³/mol. The number of pyridine rings is 1. The maximum absolute atomic E-state index is 14.1. The van der Waals surface area contributed by atoms with Gasteiger partial charge in [-0.25, -0.2) is 14.4 Å². The number of halogens is 1. The highest BCUT2D eigenvalue weighted by molar-refractivity contribution is 7.16. The third-order valence-corrected chi connectivity index (χ3v) is 5.83. The highest BCUT2D eigenvalue weighted by Crippen LogP contribution is 2.33. The van der Waals surface area contributed by atoms with E-state index in [9.17, 15) is 9.18 Å². The van der Waals surface area contributed by atoms with E-state index in [1.807, 2.05) is 13.0 Å². The summed E-state index contributed by atoms with van der Waals surface area (Å²) in [5.74, 6) is -0.210. The van der Waals surface area contributed by atoms with Crippen LogP contribution in [0.15, 0.2) is 24.4 Å². The van der Waals surface area contributed by atoms with Gasteiger partial charge in [0.1, 0.15) is 11.6 Å². The Labute approximate surface area is 172 Å². The lowest BCUT2D eigenvalue weighted by Crippen LogP contribution is -2.16. The van der Waals surface area contributed by atoms with Gasteiger partial charge in [-0.1, -0.05) is 20.8 Å². The van der Waals surface area contributed by atoms with Crippen molar-refractivity contribution in [2.24, 2.45) is 0 Å². The Bertz CT molecular complexity index is 1110. The van der Waals surface area contributed by atoms with Gasteiger partial charge in [-0.15, -0.1) is 11.3 Å². The first-order valence-electron chi connectivity index (χ1n) is 9.19. The van der Waals surface area contributed by atoms with Crippen molar-refractivity contribution in [3.05, 3.63) is 46.3 Å². The summed E-state index contributed by atoms with van der Waals surface area (Å²) in [6.07, 6.45) is 1.69. The van der Waals surface area contributed by atoms with Crippen LogP contribution in [-0.2, 0) is 10.2 Å². The van der Waals surface area contributed by atoms with E-state index in [1.54, 1.807) is 12.1 Å². The number of aromatic nitrogens is 2. The number of hydrogen-bond acceptors (Lipinski definition) is 6. The number of benzene rings is 1. The van der Waals surface area contributed by atoms with Gasteiger partial charge in [0.2, 0.25) is 5.91 Å². The molecule has 0 spiro atoms. The van der Waals surface area contributed by atoms with Gasteiger partial charge in [0, 0.05) is 34.8 Å². The molecule has 29 heavy (non-hydrogen) atoms. The van der Waals surface area contributed by atoms with Crippen LogP contribution in [0.4, 0.5) is 15.3 Å². The summed E-state index contributed by atoms with van der Waals surface area (Å²) < 4.78 is 14.1. The maximum Gasteiger partial charge on any atom is 0.227 e. The first-order chi connectivity index (χ1) is 13.7. The molecule has 8 heteroatoms. The molecule has 2 aromatic heterocycles. The number of aryl methyl sites for hydroxylation is 1. The van der Waals surface area contributed by atoms with Gasteiger partial charge in [0.15, 0.2) is 5.13 Å². The summed E-state index contributed by atoms with van der Waals surface area (Å²) in [7, 11) is 0. The maximum atomic E-state index is 14.1. The average molecular weight is 412 g/mol. The molecule has 3 aromatic rings.